The Morgan fingerprint density at radius 1 is 0.941 bits per heavy atom. The van der Waals surface area contributed by atoms with Crippen molar-refractivity contribution in [1.82, 2.24) is 0 Å². The van der Waals surface area contributed by atoms with Crippen LogP contribution in [-0.2, 0) is 9.59 Å². The predicted octanol–water partition coefficient (Wildman–Crippen LogP) is 2.77. The second kappa shape index (κ2) is 6.62. The maximum Gasteiger partial charge on any atom is 0.306 e. The lowest BCUT2D eigenvalue weighted by molar-refractivity contribution is -0.144. The van der Waals surface area contributed by atoms with Crippen LogP contribution < -0.4 is 0 Å². The van der Waals surface area contributed by atoms with Gasteiger partial charge in [-0.25, -0.2) is 0 Å². The van der Waals surface area contributed by atoms with Crippen molar-refractivity contribution in [3.05, 3.63) is 0 Å². The number of carbonyl (C=O) groups is 2. The molecule has 2 aliphatic carbocycles. The van der Waals surface area contributed by atoms with Crippen LogP contribution in [0.4, 0.5) is 0 Å². The summed E-state index contributed by atoms with van der Waals surface area (Å²) in [6, 6.07) is 0. The molecule has 0 saturated heterocycles. The Hall–Kier alpha value is -1.06. The highest BCUT2D eigenvalue weighted by Crippen LogP contribution is 2.42. The van der Waals surface area contributed by atoms with Gasteiger partial charge in [0, 0.05) is 6.92 Å². The van der Waals surface area contributed by atoms with Gasteiger partial charge in [-0.15, -0.1) is 0 Å². The summed E-state index contributed by atoms with van der Waals surface area (Å²) in [6.45, 7) is 1.08. The molecular weight excluding hydrogens is 220 g/mol. The molecule has 0 spiro atoms. The maximum absolute atomic E-state index is 10.8. The third-order valence-corrected chi connectivity index (χ3v) is 3.89. The van der Waals surface area contributed by atoms with Gasteiger partial charge in [-0.3, -0.25) is 9.59 Å². The fraction of sp³-hybridized carbons (Fsp3) is 0.846. The minimum absolute atomic E-state index is 0.0284. The summed E-state index contributed by atoms with van der Waals surface area (Å²) < 4.78 is 0. The average molecular weight is 242 g/mol. The molecular formula is C13H22O4. The Morgan fingerprint density at radius 3 is 2.00 bits per heavy atom. The van der Waals surface area contributed by atoms with E-state index in [1.807, 2.05) is 0 Å². The highest BCUT2D eigenvalue weighted by Gasteiger charge is 2.34. The maximum atomic E-state index is 10.8. The van der Waals surface area contributed by atoms with Crippen molar-refractivity contribution in [3.63, 3.8) is 0 Å². The number of aliphatic carboxylic acids is 2. The zero-order chi connectivity index (χ0) is 12.8. The van der Waals surface area contributed by atoms with Crippen LogP contribution in [0.2, 0.25) is 0 Å². The van der Waals surface area contributed by atoms with Gasteiger partial charge >= 0.3 is 5.97 Å². The van der Waals surface area contributed by atoms with Crippen LogP contribution in [-0.4, -0.2) is 22.2 Å². The van der Waals surface area contributed by atoms with Crippen molar-refractivity contribution in [2.45, 2.75) is 51.9 Å². The van der Waals surface area contributed by atoms with E-state index in [1.165, 1.54) is 32.1 Å². The summed E-state index contributed by atoms with van der Waals surface area (Å²) in [5, 5.41) is 16.3. The first-order chi connectivity index (χ1) is 8.00. The summed E-state index contributed by atoms with van der Waals surface area (Å²) in [5.41, 5.74) is 0. The molecule has 17 heavy (non-hydrogen) atoms. The zero-order valence-corrected chi connectivity index (χ0v) is 10.4. The lowest BCUT2D eigenvalue weighted by Crippen LogP contribution is -2.31. The Morgan fingerprint density at radius 2 is 1.47 bits per heavy atom. The molecule has 3 atom stereocenters. The van der Waals surface area contributed by atoms with Crippen molar-refractivity contribution in [2.75, 3.05) is 0 Å². The molecule has 0 radical (unpaired) electrons. The Labute approximate surface area is 102 Å². The van der Waals surface area contributed by atoms with E-state index in [1.54, 1.807) is 0 Å². The van der Waals surface area contributed by atoms with Crippen molar-refractivity contribution < 1.29 is 19.8 Å². The number of hydrogen-bond donors (Lipinski definition) is 2. The van der Waals surface area contributed by atoms with E-state index in [-0.39, 0.29) is 5.92 Å². The minimum atomic E-state index is -0.833. The molecule has 2 saturated carbocycles. The quantitative estimate of drug-likeness (QED) is 0.741. The van der Waals surface area contributed by atoms with E-state index in [0.717, 1.165) is 31.6 Å². The second-order valence-corrected chi connectivity index (χ2v) is 5.17. The average Bonchev–Trinajstić information content (AvgIpc) is 2.27. The smallest absolute Gasteiger partial charge is 0.306 e. The SMILES string of the molecule is CC(=O)O.O=C(O)C1CCC2CCCCC2C1. The van der Waals surface area contributed by atoms with Crippen LogP contribution in [0.1, 0.15) is 51.9 Å². The summed E-state index contributed by atoms with van der Waals surface area (Å²) in [4.78, 5) is 19.8. The molecule has 0 heterocycles. The minimum Gasteiger partial charge on any atom is -0.481 e. The van der Waals surface area contributed by atoms with Gasteiger partial charge in [0.05, 0.1) is 5.92 Å². The van der Waals surface area contributed by atoms with Crippen LogP contribution in [0.15, 0.2) is 0 Å². The van der Waals surface area contributed by atoms with E-state index in [0.29, 0.717) is 0 Å². The van der Waals surface area contributed by atoms with Crippen molar-refractivity contribution in [3.8, 4) is 0 Å². The van der Waals surface area contributed by atoms with Gasteiger partial charge in [0.2, 0.25) is 0 Å². The number of rotatable bonds is 1. The standard InChI is InChI=1S/C11H18O2.C2H4O2/c12-11(13)10-6-5-8-3-1-2-4-9(8)7-10;1-2(3)4/h8-10H,1-7H2,(H,12,13);1H3,(H,3,4). The number of hydrogen-bond acceptors (Lipinski definition) is 2. The second-order valence-electron chi connectivity index (χ2n) is 5.17. The number of fused-ring (bicyclic) bond motifs is 1. The molecule has 4 heteroatoms. The summed E-state index contributed by atoms with van der Waals surface area (Å²) >= 11 is 0. The van der Waals surface area contributed by atoms with Crippen LogP contribution in [0.5, 0.6) is 0 Å². The molecule has 2 rings (SSSR count). The topological polar surface area (TPSA) is 74.6 Å². The molecule has 0 aliphatic heterocycles. The highest BCUT2D eigenvalue weighted by atomic mass is 16.4. The Bertz CT molecular complexity index is 271. The van der Waals surface area contributed by atoms with E-state index < -0.39 is 11.9 Å². The molecule has 4 nitrogen and oxygen atoms in total. The summed E-state index contributed by atoms with van der Waals surface area (Å²) in [6.07, 6.45) is 8.40. The molecule has 2 N–H and O–H groups in total. The molecule has 98 valence electrons. The van der Waals surface area contributed by atoms with E-state index in [2.05, 4.69) is 0 Å². The van der Waals surface area contributed by atoms with Gasteiger partial charge in [0.1, 0.15) is 0 Å². The van der Waals surface area contributed by atoms with E-state index in [4.69, 9.17) is 15.0 Å². The van der Waals surface area contributed by atoms with Crippen molar-refractivity contribution in [2.24, 2.45) is 17.8 Å². The van der Waals surface area contributed by atoms with Gasteiger partial charge < -0.3 is 10.2 Å². The third kappa shape index (κ3) is 4.75. The van der Waals surface area contributed by atoms with Gasteiger partial charge in [-0.1, -0.05) is 25.7 Å². The van der Waals surface area contributed by atoms with E-state index in [9.17, 15) is 4.79 Å². The lowest BCUT2D eigenvalue weighted by Gasteiger charge is -2.37. The molecule has 0 aromatic rings. The first-order valence-corrected chi connectivity index (χ1v) is 6.43. The normalized spacial score (nSPS) is 31.7. The Balaban J connectivity index is 0.000000317. The lowest BCUT2D eigenvalue weighted by atomic mass is 9.67. The fourth-order valence-corrected chi connectivity index (χ4v) is 3.10. The Kier molecular flexibility index (Phi) is 5.45. The largest absolute Gasteiger partial charge is 0.481 e. The highest BCUT2D eigenvalue weighted by molar-refractivity contribution is 5.70. The zero-order valence-electron chi connectivity index (χ0n) is 10.4. The van der Waals surface area contributed by atoms with Crippen molar-refractivity contribution in [1.29, 1.82) is 0 Å². The predicted molar refractivity (Wildman–Crippen MR) is 63.7 cm³/mol. The molecule has 0 aromatic carbocycles. The van der Waals surface area contributed by atoms with Gasteiger partial charge in [0.15, 0.2) is 0 Å². The first kappa shape index (κ1) is 14.0. The van der Waals surface area contributed by atoms with Gasteiger partial charge in [0.25, 0.3) is 5.97 Å². The summed E-state index contributed by atoms with van der Waals surface area (Å²) in [7, 11) is 0. The fourth-order valence-electron chi connectivity index (χ4n) is 3.10. The first-order valence-electron chi connectivity index (χ1n) is 6.43. The molecule has 2 fully saturated rings. The van der Waals surface area contributed by atoms with Crippen molar-refractivity contribution >= 4 is 11.9 Å². The third-order valence-electron chi connectivity index (χ3n) is 3.89. The van der Waals surface area contributed by atoms with Crippen LogP contribution in [0, 0.1) is 17.8 Å². The molecule has 0 aromatic heterocycles. The summed E-state index contributed by atoms with van der Waals surface area (Å²) in [5.74, 6) is 0.177. The molecule has 3 unspecified atom stereocenters. The number of carboxylic acid groups (broad SMARTS) is 2. The van der Waals surface area contributed by atoms with Gasteiger partial charge in [-0.05, 0) is 31.1 Å². The monoisotopic (exact) mass is 242 g/mol. The van der Waals surface area contributed by atoms with Crippen LogP contribution in [0.3, 0.4) is 0 Å². The van der Waals surface area contributed by atoms with Crippen LogP contribution >= 0.6 is 0 Å². The molecule has 0 amide bonds. The van der Waals surface area contributed by atoms with E-state index >= 15 is 0 Å². The molecule has 2 aliphatic rings. The number of carboxylic acids is 2. The molecule has 0 bridgehead atoms. The van der Waals surface area contributed by atoms with Gasteiger partial charge in [-0.2, -0.15) is 0 Å². The van der Waals surface area contributed by atoms with Crippen LogP contribution in [0.25, 0.3) is 0 Å².